The molecule has 0 bridgehead atoms. The van der Waals surface area contributed by atoms with E-state index in [1.807, 2.05) is 60.7 Å². The number of hydrogen-bond acceptors (Lipinski definition) is 10. The number of rotatable bonds is 13. The van der Waals surface area contributed by atoms with E-state index >= 15 is 14.4 Å². The Morgan fingerprint density at radius 3 is 1.43 bits per heavy atom. The van der Waals surface area contributed by atoms with Crippen LogP contribution >= 0.6 is 31.9 Å². The average Bonchev–Trinajstić information content (AvgIpc) is 3.62. The fourth-order valence-corrected chi connectivity index (χ4v) is 10.4. The molecule has 2 heterocycles. The Kier molecular flexibility index (Phi) is 15.4. The van der Waals surface area contributed by atoms with Crippen LogP contribution in [0, 0.1) is 0 Å². The van der Waals surface area contributed by atoms with Crippen LogP contribution < -0.4 is 50.8 Å². The van der Waals surface area contributed by atoms with Gasteiger partial charge in [-0.25, -0.2) is 0 Å². The Hall–Kier alpha value is -7.64. The van der Waals surface area contributed by atoms with Gasteiger partial charge in [0, 0.05) is 31.2 Å². The molecule has 2 aliphatic heterocycles. The van der Waals surface area contributed by atoms with E-state index in [9.17, 15) is 14.4 Å². The summed E-state index contributed by atoms with van der Waals surface area (Å²) in [5.41, 5.74) is 9.20. The number of nitrogens with two attached hydrogens (primary N) is 1. The second-order valence-corrected chi connectivity index (χ2v) is 20.2. The topological polar surface area (TPSA) is 196 Å². The third kappa shape index (κ3) is 10.4. The van der Waals surface area contributed by atoms with Crippen LogP contribution in [0.3, 0.4) is 0 Å². The van der Waals surface area contributed by atoms with Crippen LogP contribution in [-0.2, 0) is 32.3 Å². The fraction of sp³-hybridized carbons (Fsp3) is 0.228. The number of anilines is 4. The SMILES string of the molecule is CN[C@@H](C)C(=O)N[C@H]1CN(C(=O)c2cccc(C(=O)N3C[C@H](NC(=O)[C@H](C)N)C(=O)N(Cc4c(OC)ccc5cc(Br)ccc45)c4ccccc43)c2)c2ccccc2N(Cc2c(OC)ccc3cc(Br)ccc23)C1=O. The summed E-state index contributed by atoms with van der Waals surface area (Å²) in [7, 11) is 4.75. The number of halogens is 2. The average molecular weight is 1140 g/mol. The predicted octanol–water partition coefficient (Wildman–Crippen LogP) is 7.85. The lowest BCUT2D eigenvalue weighted by atomic mass is 10.0. The molecule has 0 saturated carbocycles. The molecule has 75 heavy (non-hydrogen) atoms. The Morgan fingerprint density at radius 1 is 0.587 bits per heavy atom. The summed E-state index contributed by atoms with van der Waals surface area (Å²) in [5.74, 6) is -2.05. The molecule has 2 aliphatic rings. The van der Waals surface area contributed by atoms with E-state index in [1.165, 1.54) is 27.7 Å². The number of methoxy groups -OCH3 is 2. The second kappa shape index (κ2) is 22.1. The highest BCUT2D eigenvalue weighted by molar-refractivity contribution is 9.10. The van der Waals surface area contributed by atoms with Crippen molar-refractivity contribution in [3.05, 3.63) is 165 Å². The lowest BCUT2D eigenvalue weighted by molar-refractivity contribution is -0.128. The number of ether oxygens (including phenoxy) is 2. The maximum atomic E-state index is 15.3. The van der Waals surface area contributed by atoms with Gasteiger partial charge in [-0.2, -0.15) is 0 Å². The predicted molar refractivity (Wildman–Crippen MR) is 297 cm³/mol. The molecule has 0 fully saturated rings. The molecule has 7 aromatic rings. The monoisotopic (exact) mass is 1140 g/mol. The first kappa shape index (κ1) is 52.2. The van der Waals surface area contributed by atoms with Gasteiger partial charge in [0.15, 0.2) is 0 Å². The molecule has 5 N–H and O–H groups in total. The number of fused-ring (bicyclic) bond motifs is 4. The zero-order valence-corrected chi connectivity index (χ0v) is 44.9. The first-order valence-corrected chi connectivity index (χ1v) is 25.8. The van der Waals surface area contributed by atoms with Gasteiger partial charge in [0.1, 0.15) is 23.6 Å². The van der Waals surface area contributed by atoms with Crippen molar-refractivity contribution in [3.8, 4) is 11.5 Å². The van der Waals surface area contributed by atoms with E-state index in [0.717, 1.165) is 30.5 Å². The smallest absolute Gasteiger partial charge is 0.258 e. The van der Waals surface area contributed by atoms with Crippen LogP contribution in [-0.4, -0.2) is 94.0 Å². The summed E-state index contributed by atoms with van der Waals surface area (Å²) in [6.45, 7) is 2.65. The molecule has 0 aliphatic carbocycles. The van der Waals surface area contributed by atoms with Crippen molar-refractivity contribution in [1.82, 2.24) is 16.0 Å². The third-order valence-electron chi connectivity index (χ3n) is 13.7. The standard InChI is InChI=1S/C57H54Br2N8O8/c1-32(60)52(68)62-44-30-66(48-15-8-6-13-46(48)64(56(44)72)28-42-40-21-19-38(58)26-34(40)17-23-50(42)74-4)54(70)36-11-10-12-37(25-36)55(71)67-31-45(63-53(69)33(2)61-3)57(73)65(47-14-7-9-16-49(47)67)29-43-41-22-20-39(59)27-35(41)18-24-51(43)75-5/h6-27,32-33,44-45,61H,28-31,60H2,1-5H3,(H,62,68)(H,63,69)/t32-,33-,44-,45-/m0/s1. The lowest BCUT2D eigenvalue weighted by Crippen LogP contribution is -2.55. The van der Waals surface area contributed by atoms with E-state index in [2.05, 4.69) is 47.8 Å². The highest BCUT2D eigenvalue weighted by Gasteiger charge is 2.40. The molecule has 6 amide bonds. The first-order chi connectivity index (χ1) is 36.1. The van der Waals surface area contributed by atoms with Crippen molar-refractivity contribution in [2.75, 3.05) is 54.0 Å². The zero-order chi connectivity index (χ0) is 53.2. The molecule has 9 rings (SSSR count). The van der Waals surface area contributed by atoms with Gasteiger partial charge in [0.05, 0.1) is 75.2 Å². The number of hydrogen-bond donors (Lipinski definition) is 4. The Labute approximate surface area is 450 Å². The summed E-state index contributed by atoms with van der Waals surface area (Å²) in [4.78, 5) is 93.5. The molecular formula is C57H54Br2N8O8. The minimum Gasteiger partial charge on any atom is -0.496 e. The highest BCUT2D eigenvalue weighted by Crippen LogP contribution is 2.41. The van der Waals surface area contributed by atoms with E-state index < -0.39 is 59.6 Å². The summed E-state index contributed by atoms with van der Waals surface area (Å²) in [6, 6.07) is 35.2. The van der Waals surface area contributed by atoms with Gasteiger partial charge < -0.3 is 50.8 Å². The van der Waals surface area contributed by atoms with Crippen molar-refractivity contribution in [2.45, 2.75) is 51.1 Å². The third-order valence-corrected chi connectivity index (χ3v) is 14.7. The normalized spacial score (nSPS) is 16.4. The molecule has 18 heteroatoms. The number of likely N-dealkylation sites (N-methyl/N-ethyl adjacent to an activating group) is 1. The first-order valence-electron chi connectivity index (χ1n) is 24.2. The maximum absolute atomic E-state index is 15.3. The molecule has 0 spiro atoms. The lowest BCUT2D eigenvalue weighted by Gasteiger charge is -2.27. The van der Waals surface area contributed by atoms with Gasteiger partial charge in [-0.05, 0) is 121 Å². The van der Waals surface area contributed by atoms with Crippen molar-refractivity contribution in [3.63, 3.8) is 0 Å². The maximum Gasteiger partial charge on any atom is 0.258 e. The van der Waals surface area contributed by atoms with Gasteiger partial charge in [-0.3, -0.25) is 28.8 Å². The minimum atomic E-state index is -1.26. The van der Waals surface area contributed by atoms with E-state index in [-0.39, 0.29) is 37.3 Å². The van der Waals surface area contributed by atoms with Gasteiger partial charge >= 0.3 is 0 Å². The van der Waals surface area contributed by atoms with Crippen LogP contribution in [0.1, 0.15) is 45.7 Å². The molecule has 384 valence electrons. The molecular weight excluding hydrogens is 1080 g/mol. The summed E-state index contributed by atoms with van der Waals surface area (Å²) in [5, 5.41) is 12.1. The quantitative estimate of drug-likeness (QED) is 0.0883. The van der Waals surface area contributed by atoms with Crippen LogP contribution in [0.2, 0.25) is 0 Å². The van der Waals surface area contributed by atoms with Gasteiger partial charge in [-0.15, -0.1) is 0 Å². The molecule has 0 unspecified atom stereocenters. The fourth-order valence-electron chi connectivity index (χ4n) is 9.64. The summed E-state index contributed by atoms with van der Waals surface area (Å²) >= 11 is 7.13. The Bertz CT molecular complexity index is 3430. The van der Waals surface area contributed by atoms with Crippen LogP contribution in [0.15, 0.2) is 142 Å². The molecule has 4 atom stereocenters. The van der Waals surface area contributed by atoms with Crippen LogP contribution in [0.4, 0.5) is 22.7 Å². The van der Waals surface area contributed by atoms with Crippen molar-refractivity contribution in [2.24, 2.45) is 5.73 Å². The molecule has 0 aromatic heterocycles. The number of nitrogens with zero attached hydrogens (tertiary/aromatic N) is 4. The highest BCUT2D eigenvalue weighted by atomic mass is 79.9. The number of carbonyl (C=O) groups is 6. The van der Waals surface area contributed by atoms with Crippen LogP contribution in [0.25, 0.3) is 21.5 Å². The Morgan fingerprint density at radius 2 is 1.01 bits per heavy atom. The molecule has 16 nitrogen and oxygen atoms in total. The molecule has 0 saturated heterocycles. The molecule has 7 aromatic carbocycles. The second-order valence-electron chi connectivity index (χ2n) is 18.4. The van der Waals surface area contributed by atoms with Crippen molar-refractivity contribution >= 4 is 112 Å². The largest absolute Gasteiger partial charge is 0.496 e. The number of benzene rings is 7. The van der Waals surface area contributed by atoms with E-state index in [1.54, 1.807) is 99.8 Å². The number of para-hydroxylation sites is 4. The summed E-state index contributed by atoms with van der Waals surface area (Å²) < 4.78 is 13.4. The van der Waals surface area contributed by atoms with E-state index in [0.29, 0.717) is 45.4 Å². The van der Waals surface area contributed by atoms with Gasteiger partial charge in [0.2, 0.25) is 11.8 Å². The van der Waals surface area contributed by atoms with E-state index in [4.69, 9.17) is 15.2 Å². The number of nitrogens with one attached hydrogen (secondary N) is 3. The van der Waals surface area contributed by atoms with Crippen molar-refractivity contribution < 1.29 is 38.2 Å². The van der Waals surface area contributed by atoms with Crippen molar-refractivity contribution in [1.29, 1.82) is 0 Å². The summed E-state index contributed by atoms with van der Waals surface area (Å²) in [6.07, 6.45) is 0. The zero-order valence-electron chi connectivity index (χ0n) is 41.7. The Balaban J connectivity index is 1.11. The van der Waals surface area contributed by atoms with Gasteiger partial charge in [0.25, 0.3) is 23.6 Å². The number of carbonyl (C=O) groups excluding carboxylic acids is 6. The van der Waals surface area contributed by atoms with Gasteiger partial charge in [-0.1, -0.05) is 86.5 Å². The molecule has 0 radical (unpaired) electrons. The number of amides is 6. The van der Waals surface area contributed by atoms with Crippen LogP contribution in [0.5, 0.6) is 11.5 Å². The minimum absolute atomic E-state index is 0.00852.